The molecule has 0 aromatic heterocycles. The molecule has 0 aliphatic rings. The van der Waals surface area contributed by atoms with Gasteiger partial charge in [0.25, 0.3) is 0 Å². The second-order valence-corrected chi connectivity index (χ2v) is 2.99. The van der Waals surface area contributed by atoms with Crippen molar-refractivity contribution in [1.82, 2.24) is 0 Å². The molecule has 1 atom stereocenters. The van der Waals surface area contributed by atoms with Crippen LogP contribution in [0.1, 0.15) is 17.3 Å². The Morgan fingerprint density at radius 2 is 1.92 bits per heavy atom. The van der Waals surface area contributed by atoms with Crippen molar-refractivity contribution < 1.29 is 15.3 Å². The van der Waals surface area contributed by atoms with Crippen LogP contribution in [0.15, 0.2) is 24.3 Å². The summed E-state index contributed by atoms with van der Waals surface area (Å²) in [7, 11) is 1.60. The largest absolute Gasteiger partial charge is 0.497 e. The van der Waals surface area contributed by atoms with Crippen LogP contribution < -0.4 is 10.5 Å². The first-order valence-corrected chi connectivity index (χ1v) is 4.16. The Hall–Kier alpha value is -1.35. The number of methoxy groups -OCH3 is 1. The lowest BCUT2D eigenvalue weighted by atomic mass is 10.1. The molecule has 3 N–H and O–H groups in total. The van der Waals surface area contributed by atoms with Gasteiger partial charge in [0.1, 0.15) is 11.8 Å². The molecule has 0 radical (unpaired) electrons. The minimum absolute atomic E-state index is 0.0580. The number of benzene rings is 1. The Balaban J connectivity index is 2.86. The van der Waals surface area contributed by atoms with E-state index in [-0.39, 0.29) is 11.8 Å². The molecule has 1 aromatic rings. The van der Waals surface area contributed by atoms with Gasteiger partial charge in [-0.15, -0.1) is 0 Å². The highest BCUT2D eigenvalue weighted by Crippen LogP contribution is 2.11. The van der Waals surface area contributed by atoms with E-state index in [1.807, 2.05) is 0 Å². The first-order chi connectivity index (χ1) is 6.15. The zero-order chi connectivity index (χ0) is 9.84. The minimum atomic E-state index is -0.201. The summed E-state index contributed by atoms with van der Waals surface area (Å²) in [6.07, 6.45) is 0. The van der Waals surface area contributed by atoms with Crippen molar-refractivity contribution in [2.24, 2.45) is 0 Å². The molecule has 0 aliphatic carbocycles. The third-order valence-corrected chi connectivity index (χ3v) is 1.82. The van der Waals surface area contributed by atoms with E-state index < -0.39 is 0 Å². The van der Waals surface area contributed by atoms with Gasteiger partial charge >= 0.3 is 0 Å². The van der Waals surface area contributed by atoms with Gasteiger partial charge in [-0.25, -0.2) is 0 Å². The molecule has 0 spiro atoms. The monoisotopic (exact) mass is 180 g/mol. The standard InChI is InChI=1S/C10H13NO2/c1-7(11)10(12)8-3-5-9(13-2)6-4-8/h3-7H,11H2,1-2H3/p+1. The molecular formula is C10H14NO2+. The molecule has 0 saturated carbocycles. The van der Waals surface area contributed by atoms with E-state index in [2.05, 4.69) is 5.73 Å². The van der Waals surface area contributed by atoms with Gasteiger partial charge < -0.3 is 10.5 Å². The summed E-state index contributed by atoms with van der Waals surface area (Å²) >= 11 is 0. The van der Waals surface area contributed by atoms with E-state index in [0.717, 1.165) is 5.75 Å². The zero-order valence-electron chi connectivity index (χ0n) is 7.91. The van der Waals surface area contributed by atoms with Crippen LogP contribution in [-0.2, 0) is 0 Å². The van der Waals surface area contributed by atoms with Gasteiger partial charge in [0.15, 0.2) is 0 Å². The predicted molar refractivity (Wildman–Crippen MR) is 49.7 cm³/mol. The van der Waals surface area contributed by atoms with Gasteiger partial charge in [-0.05, 0) is 31.2 Å². The molecule has 70 valence electrons. The van der Waals surface area contributed by atoms with Crippen molar-refractivity contribution in [2.75, 3.05) is 7.11 Å². The second kappa shape index (κ2) is 4.05. The van der Waals surface area contributed by atoms with E-state index in [4.69, 9.17) is 4.74 Å². The van der Waals surface area contributed by atoms with Crippen molar-refractivity contribution in [2.45, 2.75) is 13.0 Å². The molecule has 1 aromatic carbocycles. The first kappa shape index (κ1) is 9.74. The number of quaternary nitrogens is 1. The van der Waals surface area contributed by atoms with Crippen molar-refractivity contribution in [3.8, 4) is 5.75 Å². The maximum absolute atomic E-state index is 11.4. The van der Waals surface area contributed by atoms with E-state index >= 15 is 0 Å². The summed E-state index contributed by atoms with van der Waals surface area (Å²) in [5, 5.41) is 0. The van der Waals surface area contributed by atoms with Crippen LogP contribution in [-0.4, -0.2) is 18.9 Å². The lowest BCUT2D eigenvalue weighted by Gasteiger charge is -2.03. The molecule has 3 nitrogen and oxygen atoms in total. The number of carbonyl (C=O) groups is 1. The molecule has 0 fully saturated rings. The Bertz CT molecular complexity index is 290. The Morgan fingerprint density at radius 1 is 1.38 bits per heavy atom. The Kier molecular flexibility index (Phi) is 3.03. The van der Waals surface area contributed by atoms with Gasteiger partial charge in [-0.2, -0.15) is 0 Å². The highest BCUT2D eigenvalue weighted by molar-refractivity contribution is 5.98. The number of carbonyl (C=O) groups excluding carboxylic acids is 1. The smallest absolute Gasteiger partial charge is 0.219 e. The molecule has 0 aliphatic heterocycles. The SMILES string of the molecule is COc1ccc(C(=O)C(C)[NH3+])cc1. The van der Waals surface area contributed by atoms with E-state index in [9.17, 15) is 4.79 Å². The molecule has 0 bridgehead atoms. The quantitative estimate of drug-likeness (QED) is 0.689. The third-order valence-electron chi connectivity index (χ3n) is 1.82. The summed E-state index contributed by atoms with van der Waals surface area (Å²) in [6, 6.07) is 6.85. The lowest BCUT2D eigenvalue weighted by Crippen LogP contribution is -2.63. The first-order valence-electron chi connectivity index (χ1n) is 4.16. The third kappa shape index (κ3) is 2.29. The Labute approximate surface area is 77.5 Å². The number of hydrogen-bond acceptors (Lipinski definition) is 2. The second-order valence-electron chi connectivity index (χ2n) is 2.99. The van der Waals surface area contributed by atoms with Gasteiger partial charge in [-0.1, -0.05) is 0 Å². The number of Topliss-reactive ketones (excluding diaryl/α,β-unsaturated/α-hetero) is 1. The van der Waals surface area contributed by atoms with Gasteiger partial charge in [-0.3, -0.25) is 4.79 Å². The highest BCUT2D eigenvalue weighted by atomic mass is 16.5. The normalized spacial score (nSPS) is 12.2. The fraction of sp³-hybridized carbons (Fsp3) is 0.300. The summed E-state index contributed by atoms with van der Waals surface area (Å²) in [5.41, 5.74) is 4.36. The van der Waals surface area contributed by atoms with Gasteiger partial charge in [0, 0.05) is 5.56 Å². The Morgan fingerprint density at radius 3 is 2.31 bits per heavy atom. The van der Waals surface area contributed by atoms with Crippen LogP contribution in [0.25, 0.3) is 0 Å². The highest BCUT2D eigenvalue weighted by Gasteiger charge is 2.12. The number of ether oxygens (including phenoxy) is 1. The zero-order valence-corrected chi connectivity index (χ0v) is 7.91. The van der Waals surface area contributed by atoms with Gasteiger partial charge in [0.2, 0.25) is 5.78 Å². The van der Waals surface area contributed by atoms with Crippen LogP contribution >= 0.6 is 0 Å². The summed E-state index contributed by atoms with van der Waals surface area (Å²) in [4.78, 5) is 11.4. The van der Waals surface area contributed by atoms with E-state index in [1.165, 1.54) is 0 Å². The van der Waals surface area contributed by atoms with Crippen molar-refractivity contribution >= 4 is 5.78 Å². The fourth-order valence-corrected chi connectivity index (χ4v) is 1.04. The molecule has 1 rings (SSSR count). The topological polar surface area (TPSA) is 53.9 Å². The van der Waals surface area contributed by atoms with Crippen LogP contribution in [0.5, 0.6) is 5.75 Å². The van der Waals surface area contributed by atoms with Crippen LogP contribution in [0.3, 0.4) is 0 Å². The molecule has 3 heteroatoms. The summed E-state index contributed by atoms with van der Waals surface area (Å²) in [5.74, 6) is 0.816. The summed E-state index contributed by atoms with van der Waals surface area (Å²) < 4.78 is 4.98. The van der Waals surface area contributed by atoms with Crippen LogP contribution in [0, 0.1) is 0 Å². The average Bonchev–Trinajstić information content (AvgIpc) is 2.17. The number of rotatable bonds is 3. The van der Waals surface area contributed by atoms with Crippen LogP contribution in [0.4, 0.5) is 0 Å². The minimum Gasteiger partial charge on any atom is -0.497 e. The van der Waals surface area contributed by atoms with Crippen molar-refractivity contribution in [3.63, 3.8) is 0 Å². The van der Waals surface area contributed by atoms with E-state index in [0.29, 0.717) is 5.56 Å². The van der Waals surface area contributed by atoms with Crippen molar-refractivity contribution in [1.29, 1.82) is 0 Å². The molecule has 13 heavy (non-hydrogen) atoms. The number of ketones is 1. The molecule has 0 saturated heterocycles. The fourth-order valence-electron chi connectivity index (χ4n) is 1.04. The van der Waals surface area contributed by atoms with Crippen molar-refractivity contribution in [3.05, 3.63) is 29.8 Å². The maximum atomic E-state index is 11.4. The average molecular weight is 180 g/mol. The lowest BCUT2D eigenvalue weighted by molar-refractivity contribution is -0.393. The molecular weight excluding hydrogens is 166 g/mol. The molecule has 0 heterocycles. The van der Waals surface area contributed by atoms with E-state index in [1.54, 1.807) is 38.3 Å². The maximum Gasteiger partial charge on any atom is 0.219 e. The molecule has 0 amide bonds. The van der Waals surface area contributed by atoms with Gasteiger partial charge in [0.05, 0.1) is 7.11 Å². The predicted octanol–water partition coefficient (Wildman–Crippen LogP) is 0.508. The molecule has 1 unspecified atom stereocenters. The summed E-state index contributed by atoms with van der Waals surface area (Å²) in [6.45, 7) is 1.78. The number of hydrogen-bond donors (Lipinski definition) is 1. The van der Waals surface area contributed by atoms with Crippen LogP contribution in [0.2, 0.25) is 0 Å².